The van der Waals surface area contributed by atoms with Crippen LogP contribution in [0.5, 0.6) is 0 Å². The van der Waals surface area contributed by atoms with Gasteiger partial charge in [0.15, 0.2) is 0 Å². The summed E-state index contributed by atoms with van der Waals surface area (Å²) in [6, 6.07) is 15.9. The molecule has 1 atom stereocenters. The van der Waals surface area contributed by atoms with Crippen molar-refractivity contribution >= 4 is 19.3 Å². The first kappa shape index (κ1) is 16.3. The van der Waals surface area contributed by atoms with Crippen molar-refractivity contribution < 1.29 is 0 Å². The van der Waals surface area contributed by atoms with Gasteiger partial charge in [-0.1, -0.05) is 92.8 Å². The first-order valence-electron chi connectivity index (χ1n) is 8.84. The summed E-state index contributed by atoms with van der Waals surface area (Å²) in [7, 11) is -1.36. The molecule has 1 unspecified atom stereocenters. The molecule has 2 aromatic carbocycles. The SMILES string of the molecule is CCC(C)C1=Cc2c(cccc2-c2ccccc2[Si](C)(C)C)C1. The van der Waals surface area contributed by atoms with Gasteiger partial charge in [0.2, 0.25) is 0 Å². The Bertz CT molecular complexity index is 747. The molecule has 23 heavy (non-hydrogen) atoms. The monoisotopic (exact) mass is 320 g/mol. The zero-order valence-corrected chi connectivity index (χ0v) is 16.1. The van der Waals surface area contributed by atoms with Crippen LogP contribution in [0.1, 0.15) is 31.4 Å². The first-order chi connectivity index (χ1) is 10.9. The van der Waals surface area contributed by atoms with Crippen molar-refractivity contribution in [2.45, 2.75) is 46.3 Å². The van der Waals surface area contributed by atoms with E-state index in [0.717, 1.165) is 6.42 Å². The lowest BCUT2D eigenvalue weighted by molar-refractivity contribution is 0.647. The van der Waals surface area contributed by atoms with Crippen LogP contribution in [-0.2, 0) is 6.42 Å². The quantitative estimate of drug-likeness (QED) is 0.617. The lowest BCUT2D eigenvalue weighted by Crippen LogP contribution is -2.38. The molecule has 0 amide bonds. The Labute approximate surface area is 142 Å². The number of hydrogen-bond acceptors (Lipinski definition) is 0. The van der Waals surface area contributed by atoms with Gasteiger partial charge in [-0.2, -0.15) is 0 Å². The average molecular weight is 321 g/mol. The zero-order chi connectivity index (χ0) is 16.6. The Balaban J connectivity index is 2.15. The van der Waals surface area contributed by atoms with Crippen LogP contribution in [0.25, 0.3) is 17.2 Å². The molecular weight excluding hydrogens is 292 g/mol. The third kappa shape index (κ3) is 3.07. The zero-order valence-electron chi connectivity index (χ0n) is 15.1. The fourth-order valence-corrected chi connectivity index (χ4v) is 5.20. The Morgan fingerprint density at radius 1 is 0.957 bits per heavy atom. The van der Waals surface area contributed by atoms with Gasteiger partial charge < -0.3 is 0 Å². The minimum absolute atomic E-state index is 0.683. The predicted octanol–water partition coefficient (Wildman–Crippen LogP) is 5.88. The minimum atomic E-state index is -1.36. The van der Waals surface area contributed by atoms with E-state index in [2.05, 4.69) is 82.0 Å². The van der Waals surface area contributed by atoms with Crippen LogP contribution in [0.4, 0.5) is 0 Å². The molecule has 0 nitrogen and oxygen atoms in total. The summed E-state index contributed by atoms with van der Waals surface area (Å²) in [6.45, 7) is 12.0. The molecule has 1 heteroatoms. The van der Waals surface area contributed by atoms with E-state index in [1.165, 1.54) is 28.7 Å². The molecule has 0 fully saturated rings. The summed E-state index contributed by atoms with van der Waals surface area (Å²) in [4.78, 5) is 0. The van der Waals surface area contributed by atoms with Gasteiger partial charge in [0.05, 0.1) is 8.07 Å². The van der Waals surface area contributed by atoms with Crippen LogP contribution in [0.2, 0.25) is 19.6 Å². The second-order valence-corrected chi connectivity index (χ2v) is 12.9. The summed E-state index contributed by atoms with van der Waals surface area (Å²) < 4.78 is 0. The summed E-state index contributed by atoms with van der Waals surface area (Å²) in [5.41, 5.74) is 7.45. The highest BCUT2D eigenvalue weighted by molar-refractivity contribution is 6.89. The van der Waals surface area contributed by atoms with Crippen molar-refractivity contribution in [3.8, 4) is 11.1 Å². The molecule has 0 aliphatic heterocycles. The second-order valence-electron chi connectivity index (χ2n) is 7.88. The molecule has 2 aromatic rings. The third-order valence-corrected chi connectivity index (χ3v) is 7.24. The molecule has 1 aliphatic rings. The van der Waals surface area contributed by atoms with E-state index in [0.29, 0.717) is 5.92 Å². The van der Waals surface area contributed by atoms with Crippen LogP contribution in [0, 0.1) is 5.92 Å². The van der Waals surface area contributed by atoms with Crippen molar-refractivity contribution in [2.75, 3.05) is 0 Å². The molecule has 0 aromatic heterocycles. The van der Waals surface area contributed by atoms with Crippen molar-refractivity contribution in [3.63, 3.8) is 0 Å². The smallest absolute Gasteiger partial charge is 0.0656 e. The molecule has 0 bridgehead atoms. The predicted molar refractivity (Wildman–Crippen MR) is 106 cm³/mol. The molecule has 0 heterocycles. The molecule has 3 rings (SSSR count). The first-order valence-corrected chi connectivity index (χ1v) is 12.3. The molecule has 1 aliphatic carbocycles. The van der Waals surface area contributed by atoms with Gasteiger partial charge >= 0.3 is 0 Å². The number of benzene rings is 2. The maximum atomic E-state index is 2.47. The normalized spacial score (nSPS) is 15.3. The van der Waals surface area contributed by atoms with Crippen LogP contribution < -0.4 is 5.19 Å². The lowest BCUT2D eigenvalue weighted by atomic mass is 9.96. The van der Waals surface area contributed by atoms with Crippen LogP contribution in [-0.4, -0.2) is 8.07 Å². The van der Waals surface area contributed by atoms with Gasteiger partial charge in [-0.3, -0.25) is 0 Å². The molecule has 0 radical (unpaired) electrons. The largest absolute Gasteiger partial charge is 0.0784 e. The van der Waals surface area contributed by atoms with E-state index >= 15 is 0 Å². The highest BCUT2D eigenvalue weighted by Crippen LogP contribution is 2.36. The maximum Gasteiger partial charge on any atom is 0.0784 e. The number of rotatable bonds is 4. The van der Waals surface area contributed by atoms with Crippen molar-refractivity contribution in [2.24, 2.45) is 5.92 Å². The van der Waals surface area contributed by atoms with E-state index in [4.69, 9.17) is 0 Å². The molecule has 0 N–H and O–H groups in total. The molecule has 120 valence electrons. The highest BCUT2D eigenvalue weighted by atomic mass is 28.3. The highest BCUT2D eigenvalue weighted by Gasteiger charge is 2.24. The summed E-state index contributed by atoms with van der Waals surface area (Å²) in [5.74, 6) is 0.683. The average Bonchev–Trinajstić information content (AvgIpc) is 2.97. The van der Waals surface area contributed by atoms with E-state index in [9.17, 15) is 0 Å². The summed E-state index contributed by atoms with van der Waals surface area (Å²) >= 11 is 0. The van der Waals surface area contributed by atoms with E-state index in [-0.39, 0.29) is 0 Å². The Kier molecular flexibility index (Phi) is 4.33. The number of hydrogen-bond donors (Lipinski definition) is 0. The van der Waals surface area contributed by atoms with Crippen molar-refractivity contribution in [3.05, 3.63) is 59.2 Å². The van der Waals surface area contributed by atoms with Gasteiger partial charge in [-0.05, 0) is 41.0 Å². The lowest BCUT2D eigenvalue weighted by Gasteiger charge is -2.22. The standard InChI is InChI=1S/C22H28Si/c1-6-16(2)18-14-17-10-9-12-19(21(17)15-18)20-11-7-8-13-22(20)23(3,4)5/h7-13,15-16H,6,14H2,1-5H3. The second kappa shape index (κ2) is 6.12. The molecular formula is C22H28Si. The Morgan fingerprint density at radius 3 is 2.35 bits per heavy atom. The van der Waals surface area contributed by atoms with Crippen LogP contribution in [0.15, 0.2) is 48.0 Å². The van der Waals surface area contributed by atoms with E-state index < -0.39 is 8.07 Å². The fourth-order valence-electron chi connectivity index (χ4n) is 3.58. The minimum Gasteiger partial charge on any atom is -0.0656 e. The van der Waals surface area contributed by atoms with Gasteiger partial charge in [0.25, 0.3) is 0 Å². The molecule has 0 saturated carbocycles. The van der Waals surface area contributed by atoms with Gasteiger partial charge in [0.1, 0.15) is 0 Å². The number of allylic oxidation sites excluding steroid dienone is 1. The third-order valence-electron chi connectivity index (χ3n) is 5.19. The Morgan fingerprint density at radius 2 is 1.65 bits per heavy atom. The van der Waals surface area contributed by atoms with Gasteiger partial charge in [-0.25, -0.2) is 0 Å². The van der Waals surface area contributed by atoms with Crippen LogP contribution >= 0.6 is 0 Å². The van der Waals surface area contributed by atoms with Gasteiger partial charge in [0, 0.05) is 0 Å². The van der Waals surface area contributed by atoms with E-state index in [1.54, 1.807) is 10.8 Å². The molecule has 0 spiro atoms. The van der Waals surface area contributed by atoms with Crippen LogP contribution in [0.3, 0.4) is 0 Å². The van der Waals surface area contributed by atoms with E-state index in [1.807, 2.05) is 0 Å². The van der Waals surface area contributed by atoms with Crippen molar-refractivity contribution in [1.82, 2.24) is 0 Å². The van der Waals surface area contributed by atoms with Gasteiger partial charge in [-0.15, -0.1) is 0 Å². The summed E-state index contributed by atoms with van der Waals surface area (Å²) in [5, 5.41) is 1.57. The Hall–Kier alpha value is -1.60. The molecule has 0 saturated heterocycles. The summed E-state index contributed by atoms with van der Waals surface area (Å²) in [6.07, 6.45) is 4.83. The fraction of sp³-hybridized carbons (Fsp3) is 0.364. The number of fused-ring (bicyclic) bond motifs is 1. The topological polar surface area (TPSA) is 0 Å². The maximum absolute atomic E-state index is 2.47. The van der Waals surface area contributed by atoms with Crippen molar-refractivity contribution in [1.29, 1.82) is 0 Å².